The van der Waals surface area contributed by atoms with Gasteiger partial charge in [-0.2, -0.15) is 0 Å². The number of carbonyl (C=O) groups excluding carboxylic acids is 1. The van der Waals surface area contributed by atoms with Gasteiger partial charge in [0.2, 0.25) is 5.89 Å². The first-order valence-corrected chi connectivity index (χ1v) is 8.75. The van der Waals surface area contributed by atoms with Gasteiger partial charge in [-0.1, -0.05) is 38.1 Å². The Hall–Kier alpha value is -2.95. The van der Waals surface area contributed by atoms with E-state index in [0.29, 0.717) is 28.3 Å². The van der Waals surface area contributed by atoms with Crippen molar-refractivity contribution in [3.05, 3.63) is 66.1 Å². The van der Waals surface area contributed by atoms with Crippen molar-refractivity contribution in [3.8, 4) is 22.8 Å². The first kappa shape index (κ1) is 17.9. The maximum Gasteiger partial charge on any atom is 0.252 e. The molecule has 1 N–H and O–H groups in total. The van der Waals surface area contributed by atoms with Crippen LogP contribution in [-0.2, 0) is 0 Å². The van der Waals surface area contributed by atoms with Gasteiger partial charge in [-0.15, -0.1) is 0 Å². The molecular weight excluding hydrogens is 331 g/mol. The van der Waals surface area contributed by atoms with Gasteiger partial charge in [0.15, 0.2) is 5.76 Å². The van der Waals surface area contributed by atoms with E-state index >= 15 is 0 Å². The molecule has 3 aromatic rings. The maximum absolute atomic E-state index is 14.0. The molecule has 0 radical (unpaired) electrons. The van der Waals surface area contributed by atoms with E-state index < -0.39 is 0 Å². The molecule has 26 heavy (non-hydrogen) atoms. The van der Waals surface area contributed by atoms with Crippen molar-refractivity contribution < 1.29 is 13.6 Å². The predicted octanol–water partition coefficient (Wildman–Crippen LogP) is 5.07. The van der Waals surface area contributed by atoms with E-state index in [2.05, 4.69) is 10.3 Å². The molecule has 3 rings (SSSR count). The summed E-state index contributed by atoms with van der Waals surface area (Å²) in [6, 6.07) is 13.6. The van der Waals surface area contributed by atoms with Gasteiger partial charge in [-0.05, 0) is 37.1 Å². The number of benzene rings is 2. The molecule has 0 spiro atoms. The quantitative estimate of drug-likeness (QED) is 0.674. The zero-order chi connectivity index (χ0) is 18.5. The SMILES string of the molecule is CCC(CC)NC(=O)c1ccccc1-c1ncc(-c2ccccc2F)o1. The Labute approximate surface area is 152 Å². The highest BCUT2D eigenvalue weighted by Crippen LogP contribution is 2.29. The van der Waals surface area contributed by atoms with E-state index in [4.69, 9.17) is 4.42 Å². The lowest BCUT2D eigenvalue weighted by molar-refractivity contribution is 0.0935. The van der Waals surface area contributed by atoms with E-state index in [1.807, 2.05) is 19.9 Å². The largest absolute Gasteiger partial charge is 0.436 e. The van der Waals surface area contributed by atoms with E-state index in [9.17, 15) is 9.18 Å². The summed E-state index contributed by atoms with van der Waals surface area (Å²) in [5, 5.41) is 3.02. The summed E-state index contributed by atoms with van der Waals surface area (Å²) in [6.07, 6.45) is 3.20. The van der Waals surface area contributed by atoms with Crippen LogP contribution in [0.3, 0.4) is 0 Å². The lowest BCUT2D eigenvalue weighted by Crippen LogP contribution is -2.34. The third-order valence-corrected chi connectivity index (χ3v) is 4.37. The van der Waals surface area contributed by atoms with E-state index in [1.54, 1.807) is 36.4 Å². The molecule has 0 bridgehead atoms. The van der Waals surface area contributed by atoms with Crippen LogP contribution in [0.5, 0.6) is 0 Å². The van der Waals surface area contributed by atoms with Gasteiger partial charge in [-0.25, -0.2) is 9.37 Å². The Morgan fingerprint density at radius 1 is 1.08 bits per heavy atom. The Balaban J connectivity index is 1.94. The minimum atomic E-state index is -0.380. The van der Waals surface area contributed by atoms with Crippen molar-refractivity contribution in [1.29, 1.82) is 0 Å². The number of hydrogen-bond donors (Lipinski definition) is 1. The van der Waals surface area contributed by atoms with Crippen LogP contribution in [0.25, 0.3) is 22.8 Å². The van der Waals surface area contributed by atoms with Crippen molar-refractivity contribution in [3.63, 3.8) is 0 Å². The van der Waals surface area contributed by atoms with E-state index in [-0.39, 0.29) is 17.8 Å². The smallest absolute Gasteiger partial charge is 0.252 e. The van der Waals surface area contributed by atoms with Crippen LogP contribution in [0, 0.1) is 5.82 Å². The minimum Gasteiger partial charge on any atom is -0.436 e. The monoisotopic (exact) mass is 352 g/mol. The fraction of sp³-hybridized carbons (Fsp3) is 0.238. The summed E-state index contributed by atoms with van der Waals surface area (Å²) in [5.41, 5.74) is 1.41. The average molecular weight is 352 g/mol. The van der Waals surface area contributed by atoms with E-state index in [1.165, 1.54) is 12.3 Å². The fourth-order valence-corrected chi connectivity index (χ4v) is 2.81. The highest BCUT2D eigenvalue weighted by atomic mass is 19.1. The van der Waals surface area contributed by atoms with Crippen LogP contribution in [-0.4, -0.2) is 16.9 Å². The standard InChI is InChI=1S/C21H21FN2O2/c1-3-14(4-2)24-20(25)15-9-5-6-10-16(15)21-23-13-19(26-21)17-11-7-8-12-18(17)22/h5-14H,3-4H2,1-2H3,(H,24,25). The molecule has 0 aliphatic rings. The molecule has 1 aromatic heterocycles. The summed E-state index contributed by atoms with van der Waals surface area (Å²) in [4.78, 5) is 16.9. The van der Waals surface area contributed by atoms with Gasteiger partial charge in [0.25, 0.3) is 5.91 Å². The highest BCUT2D eigenvalue weighted by Gasteiger charge is 2.19. The number of rotatable bonds is 6. The second kappa shape index (κ2) is 7.95. The molecule has 1 amide bonds. The maximum atomic E-state index is 14.0. The fourth-order valence-electron chi connectivity index (χ4n) is 2.81. The number of nitrogens with one attached hydrogen (secondary N) is 1. The van der Waals surface area contributed by atoms with Gasteiger partial charge < -0.3 is 9.73 Å². The predicted molar refractivity (Wildman–Crippen MR) is 99.2 cm³/mol. The summed E-state index contributed by atoms with van der Waals surface area (Å²) in [6.45, 7) is 4.07. The number of nitrogens with zero attached hydrogens (tertiary/aromatic N) is 1. The molecular formula is C21H21FN2O2. The number of aromatic nitrogens is 1. The first-order chi connectivity index (χ1) is 12.6. The molecule has 0 aliphatic heterocycles. The molecule has 0 fully saturated rings. The van der Waals surface area contributed by atoms with Gasteiger partial charge >= 0.3 is 0 Å². The molecule has 0 unspecified atom stereocenters. The second-order valence-corrected chi connectivity index (χ2v) is 6.04. The van der Waals surface area contributed by atoms with Gasteiger partial charge in [0, 0.05) is 11.6 Å². The molecule has 4 nitrogen and oxygen atoms in total. The van der Waals surface area contributed by atoms with Gasteiger partial charge in [0.05, 0.1) is 17.3 Å². The summed E-state index contributed by atoms with van der Waals surface area (Å²) in [5.74, 6) is 0.0711. The van der Waals surface area contributed by atoms with Crippen molar-refractivity contribution in [2.75, 3.05) is 0 Å². The van der Waals surface area contributed by atoms with Crippen LogP contribution in [0.1, 0.15) is 37.0 Å². The lowest BCUT2D eigenvalue weighted by atomic mass is 10.1. The van der Waals surface area contributed by atoms with Crippen LogP contribution >= 0.6 is 0 Å². The summed E-state index contributed by atoms with van der Waals surface area (Å²) < 4.78 is 19.7. The van der Waals surface area contributed by atoms with Crippen molar-refractivity contribution >= 4 is 5.91 Å². The van der Waals surface area contributed by atoms with Crippen LogP contribution in [0.4, 0.5) is 4.39 Å². The molecule has 134 valence electrons. The number of hydrogen-bond acceptors (Lipinski definition) is 3. The Morgan fingerprint density at radius 3 is 2.42 bits per heavy atom. The summed E-state index contributed by atoms with van der Waals surface area (Å²) in [7, 11) is 0. The Bertz CT molecular complexity index is 900. The summed E-state index contributed by atoms with van der Waals surface area (Å²) >= 11 is 0. The molecule has 5 heteroatoms. The molecule has 1 heterocycles. The molecule has 0 saturated carbocycles. The van der Waals surface area contributed by atoms with Gasteiger partial charge in [-0.3, -0.25) is 4.79 Å². The molecule has 0 saturated heterocycles. The van der Waals surface area contributed by atoms with Crippen molar-refractivity contribution in [2.45, 2.75) is 32.7 Å². The molecule has 0 atom stereocenters. The number of oxazole rings is 1. The topological polar surface area (TPSA) is 55.1 Å². The molecule has 0 aliphatic carbocycles. The van der Waals surface area contributed by atoms with Crippen molar-refractivity contribution in [1.82, 2.24) is 10.3 Å². The number of amides is 1. The Morgan fingerprint density at radius 2 is 1.73 bits per heavy atom. The highest BCUT2D eigenvalue weighted by molar-refractivity contribution is 6.00. The first-order valence-electron chi connectivity index (χ1n) is 8.75. The third kappa shape index (κ3) is 3.67. The van der Waals surface area contributed by atoms with E-state index in [0.717, 1.165) is 12.8 Å². The lowest BCUT2D eigenvalue weighted by Gasteiger charge is -2.15. The number of halogens is 1. The van der Waals surface area contributed by atoms with Crippen LogP contribution in [0.2, 0.25) is 0 Å². The molecule has 2 aromatic carbocycles. The minimum absolute atomic E-state index is 0.120. The third-order valence-electron chi connectivity index (χ3n) is 4.37. The van der Waals surface area contributed by atoms with Crippen LogP contribution < -0.4 is 5.32 Å². The normalized spacial score (nSPS) is 10.9. The Kier molecular flexibility index (Phi) is 5.46. The van der Waals surface area contributed by atoms with Crippen LogP contribution in [0.15, 0.2) is 59.1 Å². The van der Waals surface area contributed by atoms with Crippen molar-refractivity contribution in [2.24, 2.45) is 0 Å². The second-order valence-electron chi connectivity index (χ2n) is 6.04. The average Bonchev–Trinajstić information content (AvgIpc) is 3.16. The number of carbonyl (C=O) groups is 1. The zero-order valence-electron chi connectivity index (χ0n) is 14.8. The zero-order valence-corrected chi connectivity index (χ0v) is 14.8. The van der Waals surface area contributed by atoms with Gasteiger partial charge in [0.1, 0.15) is 5.82 Å².